The van der Waals surface area contributed by atoms with Gasteiger partial charge >= 0.3 is 0 Å². The number of nitrogens with zero attached hydrogens (tertiary/aromatic N) is 2. The van der Waals surface area contributed by atoms with Crippen molar-refractivity contribution in [2.45, 2.75) is 13.8 Å². The standard InChI is InChI=1S/C58H46N2O/c1-42-17-13-14-28-57(42)59(52-22-9-5-10-23-52)44(3)45-31-33-48(34-32-45)49-20-15-24-54(39-49)60(53-37-35-47(36-38-53)46-18-7-4-8-19-46)55-25-16-21-50(40-55)51-30-29-43(2)58(41-51)61-56-26-11-6-12-27-56/h4-41H,3H2,1-2H3. The minimum absolute atomic E-state index is 0.817. The van der Waals surface area contributed by atoms with E-state index in [0.717, 1.165) is 79.0 Å². The second-order valence-electron chi connectivity index (χ2n) is 15.2. The second-order valence-corrected chi connectivity index (χ2v) is 15.2. The summed E-state index contributed by atoms with van der Waals surface area (Å²) in [6, 6.07) is 81.0. The highest BCUT2D eigenvalue weighted by Crippen LogP contribution is 2.41. The van der Waals surface area contributed by atoms with Crippen molar-refractivity contribution in [3.63, 3.8) is 0 Å². The molecule has 3 heteroatoms. The molecule has 0 N–H and O–H groups in total. The first-order valence-electron chi connectivity index (χ1n) is 20.7. The molecule has 61 heavy (non-hydrogen) atoms. The Morgan fingerprint density at radius 1 is 0.377 bits per heavy atom. The molecule has 3 nitrogen and oxygen atoms in total. The zero-order valence-corrected chi connectivity index (χ0v) is 34.4. The van der Waals surface area contributed by atoms with E-state index in [-0.39, 0.29) is 0 Å². The fraction of sp³-hybridized carbons (Fsp3) is 0.0345. The number of anilines is 5. The lowest BCUT2D eigenvalue weighted by Gasteiger charge is -2.29. The molecule has 0 aliphatic heterocycles. The Morgan fingerprint density at radius 3 is 1.51 bits per heavy atom. The zero-order valence-electron chi connectivity index (χ0n) is 34.4. The lowest BCUT2D eigenvalue weighted by Crippen LogP contribution is -2.15. The fourth-order valence-electron chi connectivity index (χ4n) is 7.85. The van der Waals surface area contributed by atoms with E-state index in [2.05, 4.69) is 224 Å². The minimum atomic E-state index is 0.817. The third kappa shape index (κ3) is 8.50. The van der Waals surface area contributed by atoms with Crippen LogP contribution in [-0.2, 0) is 0 Å². The molecule has 0 heterocycles. The second kappa shape index (κ2) is 17.5. The number of para-hydroxylation sites is 3. The van der Waals surface area contributed by atoms with E-state index < -0.39 is 0 Å². The highest BCUT2D eigenvalue weighted by Gasteiger charge is 2.18. The Bertz CT molecular complexity index is 2900. The molecular formula is C58H46N2O. The number of aryl methyl sites for hydroxylation is 2. The van der Waals surface area contributed by atoms with Crippen LogP contribution in [0.15, 0.2) is 237 Å². The normalized spacial score (nSPS) is 10.9. The molecule has 0 aliphatic carbocycles. The molecule has 0 bridgehead atoms. The van der Waals surface area contributed by atoms with Crippen molar-refractivity contribution in [3.8, 4) is 44.9 Å². The predicted molar refractivity (Wildman–Crippen MR) is 257 cm³/mol. The average molecular weight is 787 g/mol. The van der Waals surface area contributed by atoms with Crippen LogP contribution in [0.2, 0.25) is 0 Å². The number of benzene rings is 9. The summed E-state index contributed by atoms with van der Waals surface area (Å²) < 4.78 is 6.35. The number of rotatable bonds is 12. The lowest BCUT2D eigenvalue weighted by atomic mass is 10.00. The summed E-state index contributed by atoms with van der Waals surface area (Å²) in [6.07, 6.45) is 0. The van der Waals surface area contributed by atoms with Crippen LogP contribution < -0.4 is 14.5 Å². The molecule has 0 saturated heterocycles. The molecule has 0 atom stereocenters. The van der Waals surface area contributed by atoms with Crippen LogP contribution in [0.3, 0.4) is 0 Å². The fourth-order valence-corrected chi connectivity index (χ4v) is 7.85. The van der Waals surface area contributed by atoms with Crippen LogP contribution in [0.4, 0.5) is 28.4 Å². The molecule has 0 amide bonds. The van der Waals surface area contributed by atoms with Gasteiger partial charge < -0.3 is 14.5 Å². The first-order chi connectivity index (χ1) is 30.0. The molecule has 0 radical (unpaired) electrons. The Labute approximate surface area is 359 Å². The SMILES string of the molecule is C=C(c1ccc(-c2cccc(N(c3ccc(-c4ccccc4)cc3)c3cccc(-c4ccc(C)c(Oc5ccccc5)c4)c3)c2)cc1)N(c1ccccc1)c1ccccc1C. The van der Waals surface area contributed by atoms with Crippen LogP contribution in [0.5, 0.6) is 11.5 Å². The van der Waals surface area contributed by atoms with Gasteiger partial charge in [0.2, 0.25) is 0 Å². The van der Waals surface area contributed by atoms with E-state index in [0.29, 0.717) is 0 Å². The third-order valence-electron chi connectivity index (χ3n) is 11.1. The van der Waals surface area contributed by atoms with Gasteiger partial charge in [-0.1, -0.05) is 164 Å². The maximum absolute atomic E-state index is 6.35. The van der Waals surface area contributed by atoms with Crippen molar-refractivity contribution in [2.75, 3.05) is 9.80 Å². The molecule has 0 fully saturated rings. The van der Waals surface area contributed by atoms with E-state index in [9.17, 15) is 0 Å². The summed E-state index contributed by atoms with van der Waals surface area (Å²) >= 11 is 0. The summed E-state index contributed by atoms with van der Waals surface area (Å²) in [6.45, 7) is 8.85. The van der Waals surface area contributed by atoms with Gasteiger partial charge in [-0.05, 0) is 137 Å². The van der Waals surface area contributed by atoms with Crippen LogP contribution in [0.1, 0.15) is 16.7 Å². The maximum Gasteiger partial charge on any atom is 0.130 e. The summed E-state index contributed by atoms with van der Waals surface area (Å²) in [5.41, 5.74) is 16.4. The predicted octanol–water partition coefficient (Wildman–Crippen LogP) is 16.4. The van der Waals surface area contributed by atoms with Gasteiger partial charge in [-0.15, -0.1) is 0 Å². The summed E-state index contributed by atoms with van der Waals surface area (Å²) in [5, 5.41) is 0. The van der Waals surface area contributed by atoms with Gasteiger partial charge in [0.05, 0.1) is 0 Å². The topological polar surface area (TPSA) is 15.7 Å². The largest absolute Gasteiger partial charge is 0.457 e. The van der Waals surface area contributed by atoms with E-state index in [4.69, 9.17) is 4.74 Å². The molecule has 294 valence electrons. The van der Waals surface area contributed by atoms with Crippen molar-refractivity contribution in [3.05, 3.63) is 254 Å². The van der Waals surface area contributed by atoms with Crippen molar-refractivity contribution >= 4 is 34.1 Å². The Kier molecular flexibility index (Phi) is 11.1. The van der Waals surface area contributed by atoms with Crippen molar-refractivity contribution in [2.24, 2.45) is 0 Å². The molecule has 9 aromatic rings. The van der Waals surface area contributed by atoms with Crippen LogP contribution in [0, 0.1) is 13.8 Å². The maximum atomic E-state index is 6.35. The van der Waals surface area contributed by atoms with Crippen LogP contribution in [0.25, 0.3) is 39.1 Å². The average Bonchev–Trinajstić information content (AvgIpc) is 3.32. The van der Waals surface area contributed by atoms with Gasteiger partial charge in [0.1, 0.15) is 11.5 Å². The number of hydrogen-bond acceptors (Lipinski definition) is 3. The molecule has 0 aromatic heterocycles. The van der Waals surface area contributed by atoms with Gasteiger partial charge in [0, 0.05) is 34.1 Å². The van der Waals surface area contributed by atoms with Gasteiger partial charge in [-0.3, -0.25) is 0 Å². The van der Waals surface area contributed by atoms with E-state index in [1.54, 1.807) is 0 Å². The smallest absolute Gasteiger partial charge is 0.130 e. The van der Waals surface area contributed by atoms with Crippen molar-refractivity contribution in [1.29, 1.82) is 0 Å². The summed E-state index contributed by atoms with van der Waals surface area (Å²) in [7, 11) is 0. The van der Waals surface area contributed by atoms with Gasteiger partial charge in [-0.25, -0.2) is 0 Å². The highest BCUT2D eigenvalue weighted by molar-refractivity contribution is 5.89. The molecule has 0 spiro atoms. The first kappa shape index (κ1) is 38.6. The molecule has 9 rings (SSSR count). The van der Waals surface area contributed by atoms with E-state index in [1.807, 2.05) is 36.4 Å². The molecule has 0 unspecified atom stereocenters. The molecule has 0 aliphatic rings. The van der Waals surface area contributed by atoms with Gasteiger partial charge in [0.15, 0.2) is 0 Å². The Hall–Kier alpha value is -7.88. The van der Waals surface area contributed by atoms with Crippen LogP contribution >= 0.6 is 0 Å². The van der Waals surface area contributed by atoms with E-state index in [1.165, 1.54) is 16.7 Å². The highest BCUT2D eigenvalue weighted by atomic mass is 16.5. The van der Waals surface area contributed by atoms with Gasteiger partial charge in [-0.2, -0.15) is 0 Å². The Morgan fingerprint density at radius 2 is 0.852 bits per heavy atom. The van der Waals surface area contributed by atoms with Crippen LogP contribution in [-0.4, -0.2) is 0 Å². The van der Waals surface area contributed by atoms with E-state index >= 15 is 0 Å². The molecular weight excluding hydrogens is 741 g/mol. The zero-order chi connectivity index (χ0) is 41.5. The minimum Gasteiger partial charge on any atom is -0.457 e. The quantitative estimate of drug-likeness (QED) is 0.123. The number of ether oxygens (including phenoxy) is 1. The van der Waals surface area contributed by atoms with Gasteiger partial charge in [0.25, 0.3) is 0 Å². The first-order valence-corrected chi connectivity index (χ1v) is 20.7. The Balaban J connectivity index is 1.07. The molecule has 9 aromatic carbocycles. The van der Waals surface area contributed by atoms with Crippen molar-refractivity contribution < 1.29 is 4.74 Å². The number of hydrogen-bond donors (Lipinski definition) is 0. The lowest BCUT2D eigenvalue weighted by molar-refractivity contribution is 0.479. The molecule has 0 saturated carbocycles. The summed E-state index contributed by atoms with van der Waals surface area (Å²) in [5.74, 6) is 1.66. The summed E-state index contributed by atoms with van der Waals surface area (Å²) in [4.78, 5) is 4.58. The monoisotopic (exact) mass is 786 g/mol. The van der Waals surface area contributed by atoms with Crippen molar-refractivity contribution in [1.82, 2.24) is 0 Å². The third-order valence-corrected chi connectivity index (χ3v) is 11.1.